The predicted octanol–water partition coefficient (Wildman–Crippen LogP) is 4.04. The van der Waals surface area contributed by atoms with Crippen LogP contribution in [0.25, 0.3) is 0 Å². The highest BCUT2D eigenvalue weighted by Gasteiger charge is 2.18. The van der Waals surface area contributed by atoms with Crippen LogP contribution in [0.5, 0.6) is 0 Å². The Morgan fingerprint density at radius 3 is 2.76 bits per heavy atom. The van der Waals surface area contributed by atoms with Crippen molar-refractivity contribution < 1.29 is 19.3 Å². The van der Waals surface area contributed by atoms with E-state index in [2.05, 4.69) is 31.4 Å². The standard InChI is InChI=1S/C16H19BrFN3O3S/c17-12-9-11(5-6-13(12)18)10-14(19-23)15-16(21-24-20-15)25-8-4-2-1-3-7-22/h5-6,9,22-23H,1-4,7-8,10H2/b19-14+. The molecule has 1 aromatic heterocycles. The summed E-state index contributed by atoms with van der Waals surface area (Å²) < 4.78 is 18.5. The Kier molecular flexibility index (Phi) is 8.36. The van der Waals surface area contributed by atoms with E-state index in [1.54, 1.807) is 12.1 Å². The molecule has 1 aromatic carbocycles. The number of unbranched alkanes of at least 4 members (excludes halogenated alkanes) is 3. The van der Waals surface area contributed by atoms with Crippen LogP contribution in [0.2, 0.25) is 0 Å². The van der Waals surface area contributed by atoms with E-state index in [1.807, 2.05) is 0 Å². The van der Waals surface area contributed by atoms with Gasteiger partial charge in [-0.2, -0.15) is 0 Å². The quantitative estimate of drug-likeness (QED) is 0.194. The van der Waals surface area contributed by atoms with Crippen LogP contribution in [0.3, 0.4) is 0 Å². The maximum atomic E-state index is 13.3. The van der Waals surface area contributed by atoms with E-state index >= 15 is 0 Å². The molecule has 25 heavy (non-hydrogen) atoms. The number of benzene rings is 1. The number of aromatic nitrogens is 2. The third-order valence-corrected chi connectivity index (χ3v) is 5.14. The number of hydrogen-bond acceptors (Lipinski definition) is 7. The molecule has 136 valence electrons. The van der Waals surface area contributed by atoms with Crippen LogP contribution in [0.4, 0.5) is 4.39 Å². The smallest absolute Gasteiger partial charge is 0.170 e. The second-order valence-electron chi connectivity index (χ2n) is 5.38. The van der Waals surface area contributed by atoms with Gasteiger partial charge in [-0.3, -0.25) is 0 Å². The van der Waals surface area contributed by atoms with E-state index < -0.39 is 0 Å². The Balaban J connectivity index is 1.97. The van der Waals surface area contributed by atoms with Crippen molar-refractivity contribution >= 4 is 33.4 Å². The fraction of sp³-hybridized carbons (Fsp3) is 0.438. The van der Waals surface area contributed by atoms with Gasteiger partial charge in [0.05, 0.1) is 4.47 Å². The minimum atomic E-state index is -0.355. The fourth-order valence-corrected chi connectivity index (χ4v) is 3.54. The topological polar surface area (TPSA) is 91.7 Å². The second kappa shape index (κ2) is 10.5. The number of aliphatic hydroxyl groups is 1. The normalized spacial score (nSPS) is 11.9. The van der Waals surface area contributed by atoms with Crippen molar-refractivity contribution in [1.29, 1.82) is 0 Å². The average molecular weight is 432 g/mol. The summed E-state index contributed by atoms with van der Waals surface area (Å²) in [5.41, 5.74) is 1.47. The summed E-state index contributed by atoms with van der Waals surface area (Å²) in [5, 5.41) is 29.7. The molecule has 0 fully saturated rings. The summed E-state index contributed by atoms with van der Waals surface area (Å²) in [6.07, 6.45) is 4.08. The van der Waals surface area contributed by atoms with E-state index in [0.29, 0.717) is 20.9 Å². The van der Waals surface area contributed by atoms with Gasteiger partial charge in [-0.05, 0) is 62.5 Å². The van der Waals surface area contributed by atoms with Gasteiger partial charge in [0.2, 0.25) is 0 Å². The largest absolute Gasteiger partial charge is 0.411 e. The number of rotatable bonds is 10. The highest BCUT2D eigenvalue weighted by Crippen LogP contribution is 2.24. The minimum Gasteiger partial charge on any atom is -0.411 e. The molecule has 0 unspecified atom stereocenters. The molecule has 1 heterocycles. The highest BCUT2D eigenvalue weighted by atomic mass is 79.9. The van der Waals surface area contributed by atoms with Crippen molar-refractivity contribution in [3.8, 4) is 0 Å². The first-order valence-electron chi connectivity index (χ1n) is 7.87. The first kappa shape index (κ1) is 19.9. The first-order chi connectivity index (χ1) is 12.2. The van der Waals surface area contributed by atoms with Gasteiger partial charge in [0.25, 0.3) is 0 Å². The zero-order valence-corrected chi connectivity index (χ0v) is 15.9. The maximum absolute atomic E-state index is 13.3. The van der Waals surface area contributed by atoms with Crippen molar-refractivity contribution in [3.05, 3.63) is 39.7 Å². The van der Waals surface area contributed by atoms with Gasteiger partial charge < -0.3 is 10.3 Å². The zero-order chi connectivity index (χ0) is 18.1. The lowest BCUT2D eigenvalue weighted by atomic mass is 10.1. The monoisotopic (exact) mass is 431 g/mol. The number of aliphatic hydroxyl groups excluding tert-OH is 1. The molecule has 6 nitrogen and oxygen atoms in total. The molecule has 0 aliphatic heterocycles. The summed E-state index contributed by atoms with van der Waals surface area (Å²) in [5.74, 6) is 0.472. The van der Waals surface area contributed by atoms with Crippen LogP contribution in [0.1, 0.15) is 36.9 Å². The Labute approximate surface area is 157 Å². The van der Waals surface area contributed by atoms with Gasteiger partial charge in [0, 0.05) is 13.0 Å². The van der Waals surface area contributed by atoms with E-state index in [1.165, 1.54) is 17.8 Å². The van der Waals surface area contributed by atoms with Gasteiger partial charge in [0.1, 0.15) is 11.5 Å². The average Bonchev–Trinajstić information content (AvgIpc) is 3.07. The summed E-state index contributed by atoms with van der Waals surface area (Å²) >= 11 is 4.62. The molecular formula is C16H19BrFN3O3S. The fourth-order valence-electron chi connectivity index (χ4n) is 2.20. The maximum Gasteiger partial charge on any atom is 0.170 e. The molecule has 0 spiro atoms. The van der Waals surface area contributed by atoms with Crippen LogP contribution < -0.4 is 0 Å². The zero-order valence-electron chi connectivity index (χ0n) is 13.5. The van der Waals surface area contributed by atoms with E-state index in [0.717, 1.165) is 37.0 Å². The molecule has 0 radical (unpaired) electrons. The summed E-state index contributed by atoms with van der Waals surface area (Å²) in [7, 11) is 0. The van der Waals surface area contributed by atoms with E-state index in [4.69, 9.17) is 9.74 Å². The lowest BCUT2D eigenvalue weighted by molar-refractivity contribution is 0.283. The number of thioether (sulfide) groups is 1. The second-order valence-corrected chi connectivity index (χ2v) is 7.31. The van der Waals surface area contributed by atoms with Gasteiger partial charge in [-0.1, -0.05) is 24.1 Å². The Hall–Kier alpha value is -1.45. The van der Waals surface area contributed by atoms with E-state index in [9.17, 15) is 9.60 Å². The SMILES string of the molecule is OCCCCCCSc1nonc1/C(Cc1ccc(F)c(Br)c1)=N/O. The molecule has 0 saturated carbocycles. The molecule has 2 N–H and O–H groups in total. The third kappa shape index (κ3) is 6.09. The number of halogens is 2. The molecule has 0 amide bonds. The van der Waals surface area contributed by atoms with Gasteiger partial charge in [-0.25, -0.2) is 9.02 Å². The Bertz CT molecular complexity index is 712. The molecule has 9 heteroatoms. The molecule has 2 rings (SSSR count). The Morgan fingerprint density at radius 2 is 2.04 bits per heavy atom. The number of oxime groups is 1. The lowest BCUT2D eigenvalue weighted by Gasteiger charge is -2.04. The minimum absolute atomic E-state index is 0.223. The van der Waals surface area contributed by atoms with Crippen LogP contribution in [-0.4, -0.2) is 38.7 Å². The van der Waals surface area contributed by atoms with Crippen molar-refractivity contribution in [3.63, 3.8) is 0 Å². The molecule has 0 aliphatic carbocycles. The summed E-state index contributed by atoms with van der Waals surface area (Å²) in [6.45, 7) is 0.223. The summed E-state index contributed by atoms with van der Waals surface area (Å²) in [6, 6.07) is 4.59. The molecule has 0 atom stereocenters. The molecule has 2 aromatic rings. The number of nitrogens with zero attached hydrogens (tertiary/aromatic N) is 3. The third-order valence-electron chi connectivity index (χ3n) is 3.50. The molecule has 0 bridgehead atoms. The van der Waals surface area contributed by atoms with Crippen LogP contribution >= 0.6 is 27.7 Å². The van der Waals surface area contributed by atoms with Crippen LogP contribution in [0, 0.1) is 5.82 Å². The predicted molar refractivity (Wildman–Crippen MR) is 96.7 cm³/mol. The first-order valence-corrected chi connectivity index (χ1v) is 9.65. The lowest BCUT2D eigenvalue weighted by Crippen LogP contribution is -2.08. The molecule has 0 saturated heterocycles. The summed E-state index contributed by atoms with van der Waals surface area (Å²) in [4.78, 5) is 0. The van der Waals surface area contributed by atoms with Crippen LogP contribution in [-0.2, 0) is 6.42 Å². The van der Waals surface area contributed by atoms with Crippen LogP contribution in [0.15, 0.2) is 37.5 Å². The van der Waals surface area contributed by atoms with E-state index in [-0.39, 0.29) is 18.8 Å². The van der Waals surface area contributed by atoms with Crippen molar-refractivity contribution in [2.75, 3.05) is 12.4 Å². The van der Waals surface area contributed by atoms with Gasteiger partial charge >= 0.3 is 0 Å². The highest BCUT2D eigenvalue weighted by molar-refractivity contribution is 9.10. The number of hydrogen-bond donors (Lipinski definition) is 2. The van der Waals surface area contributed by atoms with Crippen molar-refractivity contribution in [2.45, 2.75) is 37.1 Å². The Morgan fingerprint density at radius 1 is 1.24 bits per heavy atom. The van der Waals surface area contributed by atoms with Crippen molar-refractivity contribution in [2.24, 2.45) is 5.16 Å². The van der Waals surface area contributed by atoms with Gasteiger partial charge in [0.15, 0.2) is 10.7 Å². The molecule has 0 aliphatic rings. The molecular weight excluding hydrogens is 413 g/mol. The van der Waals surface area contributed by atoms with Gasteiger partial charge in [-0.15, -0.1) is 11.8 Å². The van der Waals surface area contributed by atoms with Crippen molar-refractivity contribution in [1.82, 2.24) is 10.3 Å².